The van der Waals surface area contributed by atoms with Gasteiger partial charge in [-0.05, 0) is 18.2 Å². The van der Waals surface area contributed by atoms with Gasteiger partial charge in [-0.3, -0.25) is 0 Å². The van der Waals surface area contributed by atoms with Crippen LogP contribution < -0.4 is 5.73 Å². The normalized spacial score (nSPS) is 11.7. The average molecular weight is 228 g/mol. The molecule has 2 aromatic heterocycles. The van der Waals surface area contributed by atoms with Crippen LogP contribution in [0.3, 0.4) is 0 Å². The summed E-state index contributed by atoms with van der Waals surface area (Å²) in [5.74, 6) is -0.175. The van der Waals surface area contributed by atoms with E-state index in [0.29, 0.717) is 5.56 Å². The zero-order valence-corrected chi connectivity index (χ0v) is 7.95. The summed E-state index contributed by atoms with van der Waals surface area (Å²) in [6, 6.07) is 3.24. The second-order valence-corrected chi connectivity index (χ2v) is 3.18. The van der Waals surface area contributed by atoms with Crippen LogP contribution in [-0.2, 0) is 6.18 Å². The van der Waals surface area contributed by atoms with Crippen LogP contribution in [0.25, 0.3) is 11.3 Å². The number of alkyl halides is 3. The fourth-order valence-corrected chi connectivity index (χ4v) is 1.27. The Balaban J connectivity index is 2.53. The first-order chi connectivity index (χ1) is 7.47. The van der Waals surface area contributed by atoms with Crippen molar-refractivity contribution in [2.75, 3.05) is 5.73 Å². The SMILES string of the molecule is Nc1cc(C(F)(F)F)cc(-c2ccoc2)n1. The standard InChI is InChI=1S/C10H7F3N2O/c11-10(12,13)7-3-8(15-9(14)4-7)6-1-2-16-5-6/h1-5H,(H2,14,15). The molecule has 0 saturated heterocycles. The Labute approximate surface area is 88.7 Å². The highest BCUT2D eigenvalue weighted by Gasteiger charge is 2.31. The van der Waals surface area contributed by atoms with E-state index < -0.39 is 11.7 Å². The topological polar surface area (TPSA) is 52.0 Å². The van der Waals surface area contributed by atoms with Crippen molar-refractivity contribution in [3.05, 3.63) is 36.3 Å². The van der Waals surface area contributed by atoms with Gasteiger partial charge in [-0.25, -0.2) is 4.98 Å². The van der Waals surface area contributed by atoms with E-state index in [2.05, 4.69) is 4.98 Å². The molecule has 0 fully saturated rings. The van der Waals surface area contributed by atoms with E-state index in [0.717, 1.165) is 12.1 Å². The Kier molecular flexibility index (Phi) is 2.34. The number of nitrogen functional groups attached to an aromatic ring is 1. The smallest absolute Gasteiger partial charge is 0.416 e. The molecular weight excluding hydrogens is 221 g/mol. The van der Waals surface area contributed by atoms with E-state index in [4.69, 9.17) is 10.2 Å². The third kappa shape index (κ3) is 2.00. The second kappa shape index (κ2) is 3.55. The Hall–Kier alpha value is -1.98. The monoisotopic (exact) mass is 228 g/mol. The minimum absolute atomic E-state index is 0.140. The van der Waals surface area contributed by atoms with E-state index in [1.54, 1.807) is 0 Å². The molecule has 0 amide bonds. The van der Waals surface area contributed by atoms with Gasteiger partial charge in [-0.15, -0.1) is 0 Å². The zero-order valence-electron chi connectivity index (χ0n) is 7.95. The van der Waals surface area contributed by atoms with Crippen molar-refractivity contribution < 1.29 is 17.6 Å². The van der Waals surface area contributed by atoms with Crippen LogP contribution in [0.2, 0.25) is 0 Å². The van der Waals surface area contributed by atoms with Crippen LogP contribution in [0, 0.1) is 0 Å². The van der Waals surface area contributed by atoms with Gasteiger partial charge in [0.05, 0.1) is 23.8 Å². The van der Waals surface area contributed by atoms with Gasteiger partial charge in [-0.2, -0.15) is 13.2 Å². The maximum atomic E-state index is 12.5. The zero-order chi connectivity index (χ0) is 11.8. The molecule has 0 spiro atoms. The van der Waals surface area contributed by atoms with E-state index in [9.17, 15) is 13.2 Å². The first-order valence-corrected chi connectivity index (χ1v) is 4.34. The van der Waals surface area contributed by atoms with Crippen LogP contribution in [0.5, 0.6) is 0 Å². The minimum atomic E-state index is -4.43. The van der Waals surface area contributed by atoms with E-state index in [1.807, 2.05) is 0 Å². The molecule has 2 rings (SSSR count). The molecule has 0 radical (unpaired) electrons. The van der Waals surface area contributed by atoms with Gasteiger partial charge < -0.3 is 10.2 Å². The highest BCUT2D eigenvalue weighted by molar-refractivity contribution is 5.60. The van der Waals surface area contributed by atoms with Gasteiger partial charge in [-0.1, -0.05) is 0 Å². The molecule has 0 aliphatic heterocycles. The Bertz CT molecular complexity index is 491. The van der Waals surface area contributed by atoms with Crippen molar-refractivity contribution in [1.82, 2.24) is 4.98 Å². The lowest BCUT2D eigenvalue weighted by atomic mass is 10.1. The first kappa shape index (κ1) is 10.5. The molecular formula is C10H7F3N2O. The third-order valence-electron chi connectivity index (χ3n) is 1.99. The molecule has 2 heterocycles. The van der Waals surface area contributed by atoms with Crippen LogP contribution in [0.4, 0.5) is 19.0 Å². The lowest BCUT2D eigenvalue weighted by molar-refractivity contribution is -0.137. The highest BCUT2D eigenvalue weighted by atomic mass is 19.4. The fraction of sp³-hybridized carbons (Fsp3) is 0.100. The highest BCUT2D eigenvalue weighted by Crippen LogP contribution is 2.32. The summed E-state index contributed by atoms with van der Waals surface area (Å²) < 4.78 is 42.2. The molecule has 0 bridgehead atoms. The molecule has 0 aliphatic rings. The summed E-state index contributed by atoms with van der Waals surface area (Å²) in [6.07, 6.45) is -1.77. The number of pyridine rings is 1. The van der Waals surface area contributed by atoms with Crippen molar-refractivity contribution in [1.29, 1.82) is 0 Å². The first-order valence-electron chi connectivity index (χ1n) is 4.34. The summed E-state index contributed by atoms with van der Waals surface area (Å²) in [6.45, 7) is 0. The number of hydrogen-bond donors (Lipinski definition) is 1. The summed E-state index contributed by atoms with van der Waals surface area (Å²) in [5.41, 5.74) is 5.09. The van der Waals surface area contributed by atoms with Crippen LogP contribution in [-0.4, -0.2) is 4.98 Å². The van der Waals surface area contributed by atoms with Gasteiger partial charge in [0.1, 0.15) is 5.82 Å². The second-order valence-electron chi connectivity index (χ2n) is 3.18. The van der Waals surface area contributed by atoms with Gasteiger partial charge in [0.15, 0.2) is 0 Å². The lowest BCUT2D eigenvalue weighted by Crippen LogP contribution is -2.07. The van der Waals surface area contributed by atoms with Gasteiger partial charge in [0.2, 0.25) is 0 Å². The number of nitrogens with zero attached hydrogens (tertiary/aromatic N) is 1. The summed E-state index contributed by atoms with van der Waals surface area (Å²) >= 11 is 0. The van der Waals surface area contributed by atoms with E-state index >= 15 is 0 Å². The molecule has 0 atom stereocenters. The summed E-state index contributed by atoms with van der Waals surface area (Å²) in [7, 11) is 0. The number of furan rings is 1. The van der Waals surface area contributed by atoms with Crippen LogP contribution >= 0.6 is 0 Å². The van der Waals surface area contributed by atoms with Crippen LogP contribution in [0.15, 0.2) is 35.1 Å². The maximum Gasteiger partial charge on any atom is 0.416 e. The number of halogens is 3. The van der Waals surface area contributed by atoms with E-state index in [1.165, 1.54) is 18.6 Å². The van der Waals surface area contributed by atoms with Crippen molar-refractivity contribution in [2.45, 2.75) is 6.18 Å². The number of hydrogen-bond acceptors (Lipinski definition) is 3. The van der Waals surface area contributed by atoms with E-state index in [-0.39, 0.29) is 11.5 Å². The molecule has 2 N–H and O–H groups in total. The fourth-order valence-electron chi connectivity index (χ4n) is 1.27. The number of anilines is 1. The number of aromatic nitrogens is 1. The molecule has 0 aromatic carbocycles. The van der Waals surface area contributed by atoms with Gasteiger partial charge in [0, 0.05) is 5.56 Å². The van der Waals surface area contributed by atoms with Crippen LogP contribution in [0.1, 0.15) is 5.56 Å². The van der Waals surface area contributed by atoms with Crippen molar-refractivity contribution in [3.63, 3.8) is 0 Å². The summed E-state index contributed by atoms with van der Waals surface area (Å²) in [5, 5.41) is 0. The predicted octanol–water partition coefficient (Wildman–Crippen LogP) is 2.94. The van der Waals surface area contributed by atoms with Gasteiger partial charge >= 0.3 is 6.18 Å². The molecule has 0 unspecified atom stereocenters. The minimum Gasteiger partial charge on any atom is -0.472 e. The van der Waals surface area contributed by atoms with Crippen molar-refractivity contribution >= 4 is 5.82 Å². The van der Waals surface area contributed by atoms with Crippen molar-refractivity contribution in [2.24, 2.45) is 0 Å². The molecule has 16 heavy (non-hydrogen) atoms. The predicted molar refractivity (Wildman–Crippen MR) is 51.4 cm³/mol. The molecule has 2 aromatic rings. The molecule has 0 aliphatic carbocycles. The lowest BCUT2D eigenvalue weighted by Gasteiger charge is -2.08. The third-order valence-corrected chi connectivity index (χ3v) is 1.99. The number of rotatable bonds is 1. The quantitative estimate of drug-likeness (QED) is 0.816. The maximum absolute atomic E-state index is 12.5. The number of nitrogens with two attached hydrogens (primary N) is 1. The van der Waals surface area contributed by atoms with Gasteiger partial charge in [0.25, 0.3) is 0 Å². The summed E-state index contributed by atoms with van der Waals surface area (Å²) in [4.78, 5) is 3.81. The average Bonchev–Trinajstić information content (AvgIpc) is 2.68. The largest absolute Gasteiger partial charge is 0.472 e. The molecule has 3 nitrogen and oxygen atoms in total. The Morgan fingerprint density at radius 2 is 2.00 bits per heavy atom. The Morgan fingerprint density at radius 3 is 2.56 bits per heavy atom. The molecule has 0 saturated carbocycles. The molecule has 84 valence electrons. The Morgan fingerprint density at radius 1 is 1.25 bits per heavy atom. The molecule has 6 heteroatoms. The van der Waals surface area contributed by atoms with Crippen molar-refractivity contribution in [3.8, 4) is 11.3 Å².